The maximum Gasteiger partial charge on any atom is 0.269 e. The Labute approximate surface area is 184 Å². The van der Waals surface area contributed by atoms with E-state index in [4.69, 9.17) is 0 Å². The van der Waals surface area contributed by atoms with Crippen molar-refractivity contribution in [1.29, 1.82) is 0 Å². The fraction of sp³-hybridized carbons (Fsp3) is 0.261. The zero-order valence-electron chi connectivity index (χ0n) is 17.6. The predicted octanol–water partition coefficient (Wildman–Crippen LogP) is 3.12. The monoisotopic (exact) mass is 433 g/mol. The van der Waals surface area contributed by atoms with Crippen molar-refractivity contribution in [3.05, 3.63) is 82.0 Å². The van der Waals surface area contributed by atoms with Crippen LogP contribution in [0.4, 0.5) is 11.5 Å². The number of rotatable bonds is 7. The van der Waals surface area contributed by atoms with E-state index >= 15 is 0 Å². The van der Waals surface area contributed by atoms with Crippen LogP contribution in [0, 0.1) is 23.0 Å². The van der Waals surface area contributed by atoms with Gasteiger partial charge in [-0.3, -0.25) is 19.7 Å². The first-order chi connectivity index (χ1) is 15.4. The average molecular weight is 433 g/mol. The Balaban J connectivity index is 1.42. The lowest BCUT2D eigenvalue weighted by Gasteiger charge is -2.16. The fourth-order valence-corrected chi connectivity index (χ4v) is 3.80. The zero-order chi connectivity index (χ0) is 22.7. The molecule has 1 aliphatic heterocycles. The van der Waals surface area contributed by atoms with Crippen LogP contribution >= 0.6 is 0 Å². The predicted molar refractivity (Wildman–Crippen MR) is 118 cm³/mol. The van der Waals surface area contributed by atoms with E-state index in [0.29, 0.717) is 30.3 Å². The molecule has 1 atom stereocenters. The maximum absolute atomic E-state index is 12.9. The minimum absolute atomic E-state index is 0.0247. The van der Waals surface area contributed by atoms with Gasteiger partial charge in [0.25, 0.3) is 5.69 Å². The average Bonchev–Trinajstić information content (AvgIpc) is 3.35. The third kappa shape index (κ3) is 4.66. The minimum Gasteiger partial charge on any atom is -0.342 e. The van der Waals surface area contributed by atoms with Gasteiger partial charge in [-0.1, -0.05) is 30.3 Å². The van der Waals surface area contributed by atoms with Gasteiger partial charge in [-0.15, -0.1) is 0 Å². The van der Waals surface area contributed by atoms with Gasteiger partial charge in [0.15, 0.2) is 0 Å². The number of hydrogen-bond acceptors (Lipinski definition) is 5. The molecule has 0 aliphatic carbocycles. The van der Waals surface area contributed by atoms with Gasteiger partial charge in [0.05, 0.1) is 22.2 Å². The Morgan fingerprint density at radius 2 is 1.91 bits per heavy atom. The molecule has 0 spiro atoms. The van der Waals surface area contributed by atoms with E-state index in [9.17, 15) is 19.7 Å². The number of hydrogen-bond donors (Lipinski definition) is 1. The summed E-state index contributed by atoms with van der Waals surface area (Å²) in [5.41, 5.74) is 2.40. The molecule has 32 heavy (non-hydrogen) atoms. The second-order valence-corrected chi connectivity index (χ2v) is 7.82. The van der Waals surface area contributed by atoms with E-state index in [0.717, 1.165) is 12.0 Å². The second kappa shape index (κ2) is 9.01. The van der Waals surface area contributed by atoms with Crippen LogP contribution in [-0.4, -0.2) is 44.5 Å². The van der Waals surface area contributed by atoms with Gasteiger partial charge in [0.2, 0.25) is 11.8 Å². The molecule has 4 rings (SSSR count). The molecular formula is C23H23N5O4. The number of nitro benzene ring substituents is 1. The molecule has 2 heterocycles. The van der Waals surface area contributed by atoms with Crippen molar-refractivity contribution in [2.24, 2.45) is 5.92 Å². The number of nitro groups is 1. The largest absolute Gasteiger partial charge is 0.342 e. The second-order valence-electron chi connectivity index (χ2n) is 7.82. The number of aryl methyl sites for hydroxylation is 1. The topological polar surface area (TPSA) is 110 Å². The van der Waals surface area contributed by atoms with Gasteiger partial charge in [0.1, 0.15) is 5.82 Å². The molecule has 9 heteroatoms. The molecule has 1 N–H and O–H groups in total. The van der Waals surface area contributed by atoms with E-state index in [1.54, 1.807) is 30.0 Å². The Kier molecular flexibility index (Phi) is 5.98. The SMILES string of the molecule is Cc1cc(NC(=O)C2CC(=O)N(CCc3ccccc3)C2)n(-c2ccc([N+](=O)[O-])cc2)n1. The van der Waals surface area contributed by atoms with Crippen LogP contribution in [-0.2, 0) is 16.0 Å². The first kappa shape index (κ1) is 21.2. The van der Waals surface area contributed by atoms with Crippen molar-refractivity contribution in [2.75, 3.05) is 18.4 Å². The number of nitrogens with zero attached hydrogens (tertiary/aromatic N) is 4. The minimum atomic E-state index is -0.471. The van der Waals surface area contributed by atoms with Crippen LogP contribution in [0.2, 0.25) is 0 Å². The van der Waals surface area contributed by atoms with Gasteiger partial charge in [0, 0.05) is 37.7 Å². The molecule has 1 saturated heterocycles. The molecule has 1 aromatic heterocycles. The summed E-state index contributed by atoms with van der Waals surface area (Å²) in [4.78, 5) is 37.5. The van der Waals surface area contributed by atoms with Crippen molar-refractivity contribution in [3.63, 3.8) is 0 Å². The summed E-state index contributed by atoms with van der Waals surface area (Å²) in [7, 11) is 0. The number of carbonyl (C=O) groups is 2. The van der Waals surface area contributed by atoms with Crippen molar-refractivity contribution in [1.82, 2.24) is 14.7 Å². The number of anilines is 1. The van der Waals surface area contributed by atoms with Gasteiger partial charge in [-0.05, 0) is 31.0 Å². The third-order valence-electron chi connectivity index (χ3n) is 5.49. The highest BCUT2D eigenvalue weighted by atomic mass is 16.6. The van der Waals surface area contributed by atoms with Crippen LogP contribution < -0.4 is 5.32 Å². The summed E-state index contributed by atoms with van der Waals surface area (Å²) >= 11 is 0. The summed E-state index contributed by atoms with van der Waals surface area (Å²) in [6.07, 6.45) is 0.915. The van der Waals surface area contributed by atoms with Gasteiger partial charge in [-0.25, -0.2) is 4.68 Å². The first-order valence-corrected chi connectivity index (χ1v) is 10.3. The summed E-state index contributed by atoms with van der Waals surface area (Å²) in [6.45, 7) is 2.75. The normalized spacial score (nSPS) is 15.7. The number of carbonyl (C=O) groups excluding carboxylic acids is 2. The number of non-ortho nitro benzene ring substituents is 1. The first-order valence-electron chi connectivity index (χ1n) is 10.3. The van der Waals surface area contributed by atoms with Crippen LogP contribution in [0.1, 0.15) is 17.7 Å². The van der Waals surface area contributed by atoms with Crippen LogP contribution in [0.3, 0.4) is 0 Å². The molecule has 0 bridgehead atoms. The molecule has 2 amide bonds. The molecule has 0 saturated carbocycles. The van der Waals surface area contributed by atoms with Gasteiger partial charge < -0.3 is 10.2 Å². The summed E-state index contributed by atoms with van der Waals surface area (Å²) in [6, 6.07) is 17.6. The van der Waals surface area contributed by atoms with Crippen LogP contribution in [0.5, 0.6) is 0 Å². The number of aromatic nitrogens is 2. The number of nitrogens with one attached hydrogen (secondary N) is 1. The van der Waals surface area contributed by atoms with E-state index in [-0.39, 0.29) is 23.9 Å². The molecule has 1 aliphatic rings. The molecule has 2 aromatic carbocycles. The van der Waals surface area contributed by atoms with E-state index in [1.165, 1.54) is 16.8 Å². The Bertz CT molecular complexity index is 1140. The standard InChI is InChI=1S/C23H23N5O4/c1-16-13-21(27(25-16)19-7-9-20(10-8-19)28(31)32)24-23(30)18-14-22(29)26(15-18)12-11-17-5-3-2-4-6-17/h2-10,13,18H,11-12,14-15H2,1H3,(H,24,30). The number of likely N-dealkylation sites (tertiary alicyclic amines) is 1. The maximum atomic E-state index is 12.9. The van der Waals surface area contributed by atoms with E-state index in [1.807, 2.05) is 30.3 Å². The van der Waals surface area contributed by atoms with Crippen LogP contribution in [0.25, 0.3) is 5.69 Å². The molecule has 1 fully saturated rings. The Morgan fingerprint density at radius 1 is 1.19 bits per heavy atom. The quantitative estimate of drug-likeness (QED) is 0.455. The molecule has 3 aromatic rings. The Morgan fingerprint density at radius 3 is 2.59 bits per heavy atom. The van der Waals surface area contributed by atoms with Crippen molar-refractivity contribution < 1.29 is 14.5 Å². The molecule has 1 unspecified atom stereocenters. The van der Waals surface area contributed by atoms with Crippen molar-refractivity contribution in [2.45, 2.75) is 19.8 Å². The number of amides is 2. The lowest BCUT2D eigenvalue weighted by atomic mass is 10.1. The van der Waals surface area contributed by atoms with E-state index < -0.39 is 10.8 Å². The smallest absolute Gasteiger partial charge is 0.269 e. The Hall–Kier alpha value is -4.01. The summed E-state index contributed by atoms with van der Waals surface area (Å²) < 4.78 is 1.53. The highest BCUT2D eigenvalue weighted by molar-refractivity contribution is 5.96. The van der Waals surface area contributed by atoms with Gasteiger partial charge >= 0.3 is 0 Å². The van der Waals surface area contributed by atoms with E-state index in [2.05, 4.69) is 10.4 Å². The highest BCUT2D eigenvalue weighted by Gasteiger charge is 2.34. The summed E-state index contributed by atoms with van der Waals surface area (Å²) in [5, 5.41) is 18.1. The molecular weight excluding hydrogens is 410 g/mol. The van der Waals surface area contributed by atoms with Crippen LogP contribution in [0.15, 0.2) is 60.7 Å². The van der Waals surface area contributed by atoms with Gasteiger partial charge in [-0.2, -0.15) is 5.10 Å². The van der Waals surface area contributed by atoms with Crippen molar-refractivity contribution >= 4 is 23.3 Å². The summed E-state index contributed by atoms with van der Waals surface area (Å²) in [5.74, 6) is -0.264. The van der Waals surface area contributed by atoms with Crippen molar-refractivity contribution in [3.8, 4) is 5.69 Å². The lowest BCUT2D eigenvalue weighted by Crippen LogP contribution is -2.30. The fourth-order valence-electron chi connectivity index (χ4n) is 3.80. The lowest BCUT2D eigenvalue weighted by molar-refractivity contribution is -0.384. The third-order valence-corrected chi connectivity index (χ3v) is 5.49. The molecule has 0 radical (unpaired) electrons. The number of benzene rings is 2. The highest BCUT2D eigenvalue weighted by Crippen LogP contribution is 2.23. The zero-order valence-corrected chi connectivity index (χ0v) is 17.6. The molecule has 9 nitrogen and oxygen atoms in total. The molecule has 164 valence electrons.